The number of aliphatic hydroxyl groups is 1. The molecule has 7 heteroatoms. The molecule has 1 aromatic rings. The van der Waals surface area contributed by atoms with Crippen molar-refractivity contribution in [2.75, 3.05) is 13.7 Å². The maximum Gasteiger partial charge on any atom is 0.432 e. The zero-order valence-corrected chi connectivity index (χ0v) is 16.3. The average molecular weight is 390 g/mol. The van der Waals surface area contributed by atoms with E-state index >= 15 is 0 Å². The normalized spacial score (nSPS) is 17.6. The standard InChI is InChI=1S/C20H29F3O4/c1-5-7-11-15(6-2)18(3,25)14-27-17(24)19(26-4,20(21,22)23)16-12-9-8-10-13-16/h8-10,12-13,15,25H,5-7,11,14H2,1-4H3/t15-,18+,19+/m0/s1. The van der Waals surface area contributed by atoms with Crippen LogP contribution in [0.15, 0.2) is 30.3 Å². The molecule has 0 saturated carbocycles. The van der Waals surface area contributed by atoms with E-state index in [4.69, 9.17) is 4.74 Å². The Balaban J connectivity index is 3.08. The van der Waals surface area contributed by atoms with Gasteiger partial charge in [-0.15, -0.1) is 0 Å². The van der Waals surface area contributed by atoms with Gasteiger partial charge in [-0.1, -0.05) is 63.4 Å². The van der Waals surface area contributed by atoms with Crippen LogP contribution in [0.4, 0.5) is 13.2 Å². The third-order valence-electron chi connectivity index (χ3n) is 4.95. The van der Waals surface area contributed by atoms with Crippen molar-refractivity contribution >= 4 is 5.97 Å². The van der Waals surface area contributed by atoms with E-state index in [0.717, 1.165) is 32.1 Å². The van der Waals surface area contributed by atoms with Gasteiger partial charge in [0, 0.05) is 12.7 Å². The van der Waals surface area contributed by atoms with Gasteiger partial charge in [0.15, 0.2) is 0 Å². The fraction of sp³-hybridized carbons (Fsp3) is 0.650. The molecule has 0 aliphatic rings. The van der Waals surface area contributed by atoms with Crippen molar-refractivity contribution < 1.29 is 32.5 Å². The molecular formula is C20H29F3O4. The van der Waals surface area contributed by atoms with Gasteiger partial charge in [-0.25, -0.2) is 4.79 Å². The van der Waals surface area contributed by atoms with Crippen LogP contribution < -0.4 is 0 Å². The van der Waals surface area contributed by atoms with Crippen LogP contribution in [0.25, 0.3) is 0 Å². The molecule has 4 nitrogen and oxygen atoms in total. The van der Waals surface area contributed by atoms with E-state index in [-0.39, 0.29) is 11.5 Å². The van der Waals surface area contributed by atoms with Crippen molar-refractivity contribution in [2.45, 2.75) is 63.8 Å². The molecule has 0 aliphatic heterocycles. The predicted molar refractivity (Wildman–Crippen MR) is 96.1 cm³/mol. The van der Waals surface area contributed by atoms with Crippen LogP contribution in [0.1, 0.15) is 52.0 Å². The van der Waals surface area contributed by atoms with E-state index in [0.29, 0.717) is 12.8 Å². The number of hydrogen-bond acceptors (Lipinski definition) is 4. The Labute approximate surface area is 158 Å². The summed E-state index contributed by atoms with van der Waals surface area (Å²) in [6.07, 6.45) is -1.90. The second kappa shape index (κ2) is 9.55. The molecule has 27 heavy (non-hydrogen) atoms. The number of ether oxygens (including phenoxy) is 2. The Morgan fingerprint density at radius 2 is 1.78 bits per heavy atom. The molecule has 0 aromatic heterocycles. The molecule has 0 radical (unpaired) electrons. The monoisotopic (exact) mass is 390 g/mol. The fourth-order valence-corrected chi connectivity index (χ4v) is 3.22. The lowest BCUT2D eigenvalue weighted by Gasteiger charge is -2.35. The molecule has 1 rings (SSSR count). The summed E-state index contributed by atoms with van der Waals surface area (Å²) < 4.78 is 51.2. The summed E-state index contributed by atoms with van der Waals surface area (Å²) in [6, 6.07) is 6.63. The van der Waals surface area contributed by atoms with Crippen LogP contribution in [0.5, 0.6) is 0 Å². The number of esters is 1. The van der Waals surface area contributed by atoms with Crippen molar-refractivity contribution in [2.24, 2.45) is 5.92 Å². The summed E-state index contributed by atoms with van der Waals surface area (Å²) in [6.45, 7) is 4.84. The Morgan fingerprint density at radius 3 is 2.22 bits per heavy atom. The van der Waals surface area contributed by atoms with Gasteiger partial charge in [-0.3, -0.25) is 0 Å². The first-order chi connectivity index (χ1) is 12.6. The highest BCUT2D eigenvalue weighted by Gasteiger charge is 2.64. The van der Waals surface area contributed by atoms with Gasteiger partial charge in [-0.2, -0.15) is 13.2 Å². The highest BCUT2D eigenvalue weighted by Crippen LogP contribution is 2.43. The molecule has 1 aromatic carbocycles. The lowest BCUT2D eigenvalue weighted by molar-refractivity contribution is -0.278. The van der Waals surface area contributed by atoms with Crippen molar-refractivity contribution in [1.82, 2.24) is 0 Å². The second-order valence-corrected chi connectivity index (χ2v) is 6.93. The summed E-state index contributed by atoms with van der Waals surface area (Å²) in [7, 11) is 0.815. The van der Waals surface area contributed by atoms with Gasteiger partial charge in [0.25, 0.3) is 5.60 Å². The molecule has 0 unspecified atom stereocenters. The maximum absolute atomic E-state index is 13.8. The van der Waals surface area contributed by atoms with Gasteiger partial charge in [0.05, 0.1) is 5.60 Å². The number of benzene rings is 1. The average Bonchev–Trinajstić information content (AvgIpc) is 2.61. The first-order valence-electron chi connectivity index (χ1n) is 9.13. The predicted octanol–water partition coefficient (Wildman–Crippen LogP) is 4.60. The largest absolute Gasteiger partial charge is 0.460 e. The summed E-state index contributed by atoms with van der Waals surface area (Å²) in [5.74, 6) is -1.78. The van der Waals surface area contributed by atoms with Crippen molar-refractivity contribution in [1.29, 1.82) is 0 Å². The summed E-state index contributed by atoms with van der Waals surface area (Å²) in [4.78, 5) is 12.5. The number of hydrogen-bond donors (Lipinski definition) is 1. The van der Waals surface area contributed by atoms with Crippen LogP contribution >= 0.6 is 0 Å². The minimum Gasteiger partial charge on any atom is -0.460 e. The number of halogens is 3. The number of carbonyl (C=O) groups is 1. The molecule has 0 fully saturated rings. The number of rotatable bonds is 10. The number of alkyl halides is 3. The smallest absolute Gasteiger partial charge is 0.432 e. The molecule has 0 bridgehead atoms. The Hall–Kier alpha value is -1.60. The number of unbranched alkanes of at least 4 members (excludes halogenated alkanes) is 1. The molecule has 0 saturated heterocycles. The second-order valence-electron chi connectivity index (χ2n) is 6.93. The highest BCUT2D eigenvalue weighted by molar-refractivity contribution is 5.82. The zero-order valence-electron chi connectivity index (χ0n) is 16.3. The molecule has 0 spiro atoms. The fourth-order valence-electron chi connectivity index (χ4n) is 3.22. The summed E-state index contributed by atoms with van der Waals surface area (Å²) in [5.41, 5.74) is -5.04. The van der Waals surface area contributed by atoms with E-state index in [1.54, 1.807) is 0 Å². The third kappa shape index (κ3) is 5.23. The first kappa shape index (κ1) is 23.4. The summed E-state index contributed by atoms with van der Waals surface area (Å²) in [5, 5.41) is 10.7. The van der Waals surface area contributed by atoms with Crippen LogP contribution in [0.2, 0.25) is 0 Å². The minimum absolute atomic E-state index is 0.190. The molecular weight excluding hydrogens is 361 g/mol. The molecule has 1 N–H and O–H groups in total. The van der Waals surface area contributed by atoms with Gasteiger partial charge in [0.1, 0.15) is 6.61 Å². The van der Waals surface area contributed by atoms with E-state index in [9.17, 15) is 23.1 Å². The highest BCUT2D eigenvalue weighted by atomic mass is 19.4. The molecule has 0 heterocycles. The van der Waals surface area contributed by atoms with E-state index in [2.05, 4.69) is 4.74 Å². The van der Waals surface area contributed by atoms with Crippen LogP contribution in [0, 0.1) is 5.92 Å². The molecule has 0 aliphatic carbocycles. The minimum atomic E-state index is -5.03. The molecule has 154 valence electrons. The lowest BCUT2D eigenvalue weighted by atomic mass is 9.83. The third-order valence-corrected chi connectivity index (χ3v) is 4.95. The van der Waals surface area contributed by atoms with Gasteiger partial charge in [0.2, 0.25) is 0 Å². The van der Waals surface area contributed by atoms with Crippen molar-refractivity contribution in [3.63, 3.8) is 0 Å². The van der Waals surface area contributed by atoms with Gasteiger partial charge in [-0.05, 0) is 19.3 Å². The van der Waals surface area contributed by atoms with Crippen LogP contribution in [-0.2, 0) is 19.9 Å². The number of methoxy groups -OCH3 is 1. The lowest BCUT2D eigenvalue weighted by Crippen LogP contribution is -2.53. The Morgan fingerprint density at radius 1 is 1.19 bits per heavy atom. The SMILES string of the molecule is CCCC[C@H](CC)[C@](C)(O)COC(=O)[C@](OC)(c1ccccc1)C(F)(F)F. The van der Waals surface area contributed by atoms with Gasteiger partial charge >= 0.3 is 12.1 Å². The Kier molecular flexibility index (Phi) is 8.29. The van der Waals surface area contributed by atoms with Crippen LogP contribution in [-0.4, -0.2) is 36.6 Å². The van der Waals surface area contributed by atoms with Crippen molar-refractivity contribution in [3.8, 4) is 0 Å². The maximum atomic E-state index is 13.8. The zero-order chi connectivity index (χ0) is 20.7. The van der Waals surface area contributed by atoms with E-state index in [1.165, 1.54) is 25.1 Å². The molecule has 3 atom stereocenters. The number of carbonyl (C=O) groups excluding carboxylic acids is 1. The van der Waals surface area contributed by atoms with E-state index in [1.807, 2.05) is 13.8 Å². The summed E-state index contributed by atoms with van der Waals surface area (Å²) >= 11 is 0. The quantitative estimate of drug-likeness (QED) is 0.593. The van der Waals surface area contributed by atoms with E-state index < -0.39 is 30.0 Å². The Bertz CT molecular complexity index is 587. The van der Waals surface area contributed by atoms with Crippen molar-refractivity contribution in [3.05, 3.63) is 35.9 Å². The molecule has 0 amide bonds. The van der Waals surface area contributed by atoms with Crippen LogP contribution in [0.3, 0.4) is 0 Å². The first-order valence-corrected chi connectivity index (χ1v) is 9.13. The topological polar surface area (TPSA) is 55.8 Å². The van der Waals surface area contributed by atoms with Gasteiger partial charge < -0.3 is 14.6 Å².